The largest absolute Gasteiger partial charge is 0.462 e. The second-order valence-electron chi connectivity index (χ2n) is 3.90. The monoisotopic (exact) mass is 274 g/mol. The van der Waals surface area contributed by atoms with Gasteiger partial charge in [-0.1, -0.05) is 35.5 Å². The molecule has 0 saturated carbocycles. The zero-order chi connectivity index (χ0) is 14.5. The summed E-state index contributed by atoms with van der Waals surface area (Å²) in [6.07, 6.45) is 0. The Bertz CT molecular complexity index is 619. The van der Waals surface area contributed by atoms with Crippen LogP contribution in [0.15, 0.2) is 34.9 Å². The number of aromatic nitrogens is 1. The van der Waals surface area contributed by atoms with Crippen molar-refractivity contribution in [2.45, 2.75) is 6.92 Å². The molecule has 1 N–H and O–H groups in total. The maximum Gasteiger partial charge on any atom is 0.344 e. The highest BCUT2D eigenvalue weighted by atomic mass is 16.5. The quantitative estimate of drug-likeness (QED) is 0.861. The Morgan fingerprint density at radius 1 is 1.30 bits per heavy atom. The smallest absolute Gasteiger partial charge is 0.344 e. The number of esters is 1. The number of rotatable bonds is 4. The normalized spacial score (nSPS) is 10.1. The van der Waals surface area contributed by atoms with Crippen molar-refractivity contribution in [1.29, 1.82) is 0 Å². The van der Waals surface area contributed by atoms with E-state index in [0.29, 0.717) is 5.56 Å². The number of hydrogen-bond acceptors (Lipinski definition) is 5. The van der Waals surface area contributed by atoms with Crippen molar-refractivity contribution >= 4 is 11.9 Å². The zero-order valence-corrected chi connectivity index (χ0v) is 11.2. The van der Waals surface area contributed by atoms with Crippen LogP contribution in [0.2, 0.25) is 0 Å². The Morgan fingerprint density at radius 2 is 2.00 bits per heavy atom. The standard InChI is InChI=1S/C14H14N2O4/c1-3-19-14(18)10-11(13(17)15-2)16-20-12(10)9-7-5-4-6-8-9/h4-8H,3H2,1-2H3,(H,15,17). The highest BCUT2D eigenvalue weighted by molar-refractivity contribution is 6.07. The molecule has 6 nitrogen and oxygen atoms in total. The predicted molar refractivity (Wildman–Crippen MR) is 71.3 cm³/mol. The number of benzene rings is 1. The lowest BCUT2D eigenvalue weighted by Crippen LogP contribution is -2.21. The Kier molecular flexibility index (Phi) is 4.14. The van der Waals surface area contributed by atoms with Crippen molar-refractivity contribution in [3.05, 3.63) is 41.6 Å². The second kappa shape index (κ2) is 6.01. The molecule has 0 atom stereocenters. The van der Waals surface area contributed by atoms with Gasteiger partial charge in [-0.2, -0.15) is 0 Å². The van der Waals surface area contributed by atoms with E-state index in [0.717, 1.165) is 0 Å². The number of nitrogens with one attached hydrogen (secondary N) is 1. The molecule has 0 aliphatic rings. The molecule has 0 radical (unpaired) electrons. The topological polar surface area (TPSA) is 81.4 Å². The molecule has 0 fully saturated rings. The lowest BCUT2D eigenvalue weighted by atomic mass is 10.1. The van der Waals surface area contributed by atoms with Gasteiger partial charge in [0.1, 0.15) is 5.56 Å². The fourth-order valence-electron chi connectivity index (χ4n) is 1.74. The number of carbonyl (C=O) groups excluding carboxylic acids is 2. The minimum atomic E-state index is -0.633. The molecule has 1 heterocycles. The molecule has 0 spiro atoms. The first kappa shape index (κ1) is 13.8. The first-order chi connectivity index (χ1) is 9.69. The summed E-state index contributed by atoms with van der Waals surface area (Å²) in [5.41, 5.74) is 0.611. The Labute approximate surface area is 115 Å². The van der Waals surface area contributed by atoms with E-state index in [1.807, 2.05) is 6.07 Å². The van der Waals surface area contributed by atoms with Crippen LogP contribution in [0, 0.1) is 0 Å². The van der Waals surface area contributed by atoms with Crippen molar-refractivity contribution in [1.82, 2.24) is 10.5 Å². The summed E-state index contributed by atoms with van der Waals surface area (Å²) in [6, 6.07) is 8.95. The van der Waals surface area contributed by atoms with Crippen LogP contribution in [0.4, 0.5) is 0 Å². The third-order valence-corrected chi connectivity index (χ3v) is 2.65. The fourth-order valence-corrected chi connectivity index (χ4v) is 1.74. The first-order valence-corrected chi connectivity index (χ1v) is 6.13. The summed E-state index contributed by atoms with van der Waals surface area (Å²) < 4.78 is 10.1. The van der Waals surface area contributed by atoms with Crippen molar-refractivity contribution in [3.8, 4) is 11.3 Å². The van der Waals surface area contributed by atoms with E-state index in [1.165, 1.54) is 7.05 Å². The van der Waals surface area contributed by atoms with Gasteiger partial charge in [0.25, 0.3) is 5.91 Å². The maximum absolute atomic E-state index is 12.0. The van der Waals surface area contributed by atoms with Crippen LogP contribution < -0.4 is 5.32 Å². The van der Waals surface area contributed by atoms with Crippen molar-refractivity contribution < 1.29 is 18.8 Å². The van der Waals surface area contributed by atoms with Crippen molar-refractivity contribution in [2.75, 3.05) is 13.7 Å². The van der Waals surface area contributed by atoms with Crippen molar-refractivity contribution in [3.63, 3.8) is 0 Å². The van der Waals surface area contributed by atoms with Gasteiger partial charge in [-0.25, -0.2) is 4.79 Å². The average molecular weight is 274 g/mol. The van der Waals surface area contributed by atoms with E-state index >= 15 is 0 Å². The van der Waals surface area contributed by atoms with Crippen LogP contribution in [0.1, 0.15) is 27.8 Å². The molecule has 2 aromatic rings. The lowest BCUT2D eigenvalue weighted by Gasteiger charge is -2.03. The summed E-state index contributed by atoms with van der Waals surface area (Å²) in [5.74, 6) is -0.909. The summed E-state index contributed by atoms with van der Waals surface area (Å²) in [6.45, 7) is 1.89. The summed E-state index contributed by atoms with van der Waals surface area (Å²) in [5, 5.41) is 6.09. The third-order valence-electron chi connectivity index (χ3n) is 2.65. The van der Waals surface area contributed by atoms with Crippen LogP contribution in [0.25, 0.3) is 11.3 Å². The molecule has 20 heavy (non-hydrogen) atoms. The molecule has 2 rings (SSSR count). The molecule has 1 amide bonds. The molecule has 0 unspecified atom stereocenters. The van der Waals surface area contributed by atoms with E-state index in [2.05, 4.69) is 10.5 Å². The Balaban J connectivity index is 2.55. The number of hydrogen-bond donors (Lipinski definition) is 1. The zero-order valence-electron chi connectivity index (χ0n) is 11.2. The minimum absolute atomic E-state index is 0.0393. The minimum Gasteiger partial charge on any atom is -0.462 e. The van der Waals surface area contributed by atoms with Crippen LogP contribution >= 0.6 is 0 Å². The third kappa shape index (κ3) is 2.54. The van der Waals surface area contributed by atoms with Gasteiger partial charge in [0.2, 0.25) is 0 Å². The SMILES string of the molecule is CCOC(=O)c1c(C(=O)NC)noc1-c1ccccc1. The van der Waals surface area contributed by atoms with E-state index in [1.54, 1.807) is 31.2 Å². The molecule has 6 heteroatoms. The summed E-state index contributed by atoms with van der Waals surface area (Å²) in [7, 11) is 1.45. The van der Waals surface area contributed by atoms with E-state index in [9.17, 15) is 9.59 Å². The lowest BCUT2D eigenvalue weighted by molar-refractivity contribution is 0.0523. The second-order valence-corrected chi connectivity index (χ2v) is 3.90. The number of amides is 1. The van der Waals surface area contributed by atoms with Crippen molar-refractivity contribution in [2.24, 2.45) is 0 Å². The van der Waals surface area contributed by atoms with E-state index < -0.39 is 11.9 Å². The number of nitrogens with zero attached hydrogens (tertiary/aromatic N) is 1. The van der Waals surface area contributed by atoms with Crippen LogP contribution in [-0.4, -0.2) is 30.7 Å². The van der Waals surface area contributed by atoms with Gasteiger partial charge < -0.3 is 14.6 Å². The van der Waals surface area contributed by atoms with Crippen LogP contribution in [0.5, 0.6) is 0 Å². The Morgan fingerprint density at radius 3 is 2.60 bits per heavy atom. The van der Waals surface area contributed by atoms with Crippen LogP contribution in [0.3, 0.4) is 0 Å². The molecule has 1 aromatic carbocycles. The van der Waals surface area contributed by atoms with Gasteiger partial charge in [-0.3, -0.25) is 4.79 Å². The van der Waals surface area contributed by atoms with Gasteiger partial charge in [-0.05, 0) is 6.92 Å². The molecule has 0 saturated heterocycles. The highest BCUT2D eigenvalue weighted by Crippen LogP contribution is 2.27. The first-order valence-electron chi connectivity index (χ1n) is 6.13. The Hall–Kier alpha value is -2.63. The molecule has 0 aliphatic carbocycles. The van der Waals surface area contributed by atoms with Gasteiger partial charge in [0.05, 0.1) is 6.61 Å². The van der Waals surface area contributed by atoms with Gasteiger partial charge in [0, 0.05) is 12.6 Å². The number of ether oxygens (including phenoxy) is 1. The van der Waals surface area contributed by atoms with Gasteiger partial charge in [-0.15, -0.1) is 0 Å². The molecule has 1 aromatic heterocycles. The average Bonchev–Trinajstić information content (AvgIpc) is 2.92. The highest BCUT2D eigenvalue weighted by Gasteiger charge is 2.28. The predicted octanol–water partition coefficient (Wildman–Crippen LogP) is 1.88. The molecule has 104 valence electrons. The number of carbonyl (C=O) groups is 2. The molecular formula is C14H14N2O4. The van der Waals surface area contributed by atoms with E-state index in [4.69, 9.17) is 9.26 Å². The summed E-state index contributed by atoms with van der Waals surface area (Å²) in [4.78, 5) is 23.8. The summed E-state index contributed by atoms with van der Waals surface area (Å²) >= 11 is 0. The molecule has 0 bridgehead atoms. The van der Waals surface area contributed by atoms with Gasteiger partial charge >= 0.3 is 5.97 Å². The maximum atomic E-state index is 12.0. The molecule has 0 aliphatic heterocycles. The van der Waals surface area contributed by atoms with E-state index in [-0.39, 0.29) is 23.6 Å². The fraction of sp³-hybridized carbons (Fsp3) is 0.214. The van der Waals surface area contributed by atoms with Gasteiger partial charge in [0.15, 0.2) is 11.5 Å². The molecular weight excluding hydrogens is 260 g/mol. The van der Waals surface area contributed by atoms with Crippen LogP contribution in [-0.2, 0) is 4.74 Å².